The zero-order chi connectivity index (χ0) is 15.2. The minimum Gasteiger partial charge on any atom is -0.477 e. The molecule has 0 amide bonds. The van der Waals surface area contributed by atoms with Gasteiger partial charge in [0.2, 0.25) is 0 Å². The molecule has 108 valence electrons. The fraction of sp³-hybridized carbons (Fsp3) is 0.800. The first-order valence-electron chi connectivity index (χ1n) is 3.49. The normalized spacial score (nSPS) is 15.1. The first kappa shape index (κ1) is 16.7. The SMILES string of the molecule is O=C(O)C(F)(F)C(F)(F)N(C(F)(F)F)C(F)(F)F. The second-order valence-electron chi connectivity index (χ2n) is 2.69. The molecule has 0 fully saturated rings. The van der Waals surface area contributed by atoms with Gasteiger partial charge >= 0.3 is 30.5 Å². The maximum absolute atomic E-state index is 12.5. The first-order valence-corrected chi connectivity index (χ1v) is 3.49. The minimum absolute atomic E-state index is 3.78. The van der Waals surface area contributed by atoms with Crippen LogP contribution in [0.25, 0.3) is 0 Å². The molecule has 0 saturated heterocycles. The van der Waals surface area contributed by atoms with E-state index in [4.69, 9.17) is 5.11 Å². The van der Waals surface area contributed by atoms with Crippen LogP contribution in [0.3, 0.4) is 0 Å². The third-order valence-electron chi connectivity index (χ3n) is 1.43. The Hall–Kier alpha value is -1.27. The van der Waals surface area contributed by atoms with Crippen molar-refractivity contribution in [1.82, 2.24) is 4.90 Å². The van der Waals surface area contributed by atoms with Crippen LogP contribution in [0.15, 0.2) is 0 Å². The summed E-state index contributed by atoms with van der Waals surface area (Å²) in [7, 11) is 0. The van der Waals surface area contributed by atoms with Crippen molar-refractivity contribution in [2.45, 2.75) is 24.6 Å². The van der Waals surface area contributed by atoms with Crippen molar-refractivity contribution in [1.29, 1.82) is 0 Å². The van der Waals surface area contributed by atoms with E-state index in [9.17, 15) is 48.7 Å². The highest BCUT2D eigenvalue weighted by atomic mass is 19.4. The molecule has 0 unspecified atom stereocenters. The van der Waals surface area contributed by atoms with Crippen LogP contribution in [0.4, 0.5) is 43.9 Å². The smallest absolute Gasteiger partial charge is 0.472 e. The molecule has 0 aromatic carbocycles. The number of carboxylic acid groups (broad SMARTS) is 1. The van der Waals surface area contributed by atoms with Crippen molar-refractivity contribution < 1.29 is 53.8 Å². The maximum atomic E-state index is 12.5. The number of aliphatic carboxylic acids is 1. The van der Waals surface area contributed by atoms with Gasteiger partial charge in [-0.2, -0.15) is 43.9 Å². The second kappa shape index (κ2) is 4.13. The van der Waals surface area contributed by atoms with Gasteiger partial charge in [0.05, 0.1) is 0 Å². The summed E-state index contributed by atoms with van der Waals surface area (Å²) in [6.07, 6.45) is -13.9. The van der Waals surface area contributed by atoms with Crippen molar-refractivity contribution >= 4 is 5.97 Å². The van der Waals surface area contributed by atoms with E-state index >= 15 is 0 Å². The largest absolute Gasteiger partial charge is 0.477 e. The Bertz CT molecular complexity index is 316. The van der Waals surface area contributed by atoms with E-state index in [0.29, 0.717) is 0 Å². The van der Waals surface area contributed by atoms with Crippen molar-refractivity contribution in [2.75, 3.05) is 0 Å². The van der Waals surface area contributed by atoms with Gasteiger partial charge in [0.15, 0.2) is 0 Å². The van der Waals surface area contributed by atoms with E-state index < -0.39 is 35.4 Å². The topological polar surface area (TPSA) is 40.5 Å². The molecule has 0 atom stereocenters. The van der Waals surface area contributed by atoms with Crippen molar-refractivity contribution in [3.8, 4) is 0 Å². The Labute approximate surface area is 90.6 Å². The summed E-state index contributed by atoms with van der Waals surface area (Å²) >= 11 is 0. The minimum atomic E-state index is -7.05. The van der Waals surface area contributed by atoms with Crippen LogP contribution >= 0.6 is 0 Å². The van der Waals surface area contributed by atoms with Crippen molar-refractivity contribution in [2.24, 2.45) is 0 Å². The first-order chi connectivity index (χ1) is 7.56. The molecule has 1 N–H and O–H groups in total. The van der Waals surface area contributed by atoms with Crippen LogP contribution in [-0.4, -0.2) is 40.5 Å². The van der Waals surface area contributed by atoms with E-state index in [1.807, 2.05) is 0 Å². The fourth-order valence-electron chi connectivity index (χ4n) is 0.731. The van der Waals surface area contributed by atoms with Crippen LogP contribution in [0.1, 0.15) is 0 Å². The lowest BCUT2D eigenvalue weighted by atomic mass is 10.2. The Kier molecular flexibility index (Phi) is 3.84. The Balaban J connectivity index is 5.87. The molecule has 0 bridgehead atoms. The van der Waals surface area contributed by atoms with Crippen LogP contribution < -0.4 is 0 Å². The highest BCUT2D eigenvalue weighted by Crippen LogP contribution is 2.48. The molecule has 0 aliphatic rings. The van der Waals surface area contributed by atoms with E-state index in [1.54, 1.807) is 0 Å². The van der Waals surface area contributed by atoms with E-state index in [2.05, 4.69) is 0 Å². The monoisotopic (exact) mass is 297 g/mol. The zero-order valence-corrected chi connectivity index (χ0v) is 7.58. The molecule has 13 heteroatoms. The number of carboxylic acids is 1. The zero-order valence-electron chi connectivity index (χ0n) is 7.58. The summed E-state index contributed by atoms with van der Waals surface area (Å²) in [4.78, 5) is 5.86. The second-order valence-corrected chi connectivity index (χ2v) is 2.69. The molecule has 0 rings (SSSR count). The molecular formula is C5HF10NO2. The third kappa shape index (κ3) is 2.76. The lowest BCUT2D eigenvalue weighted by molar-refractivity contribution is -0.464. The van der Waals surface area contributed by atoms with Gasteiger partial charge in [-0.3, -0.25) is 0 Å². The molecule has 18 heavy (non-hydrogen) atoms. The molecule has 0 aromatic rings. The Morgan fingerprint density at radius 1 is 0.778 bits per heavy atom. The van der Waals surface area contributed by atoms with Gasteiger partial charge in [-0.15, -0.1) is 0 Å². The maximum Gasteiger partial charge on any atom is 0.472 e. The lowest BCUT2D eigenvalue weighted by Gasteiger charge is -2.35. The number of alkyl halides is 10. The van der Waals surface area contributed by atoms with Crippen molar-refractivity contribution in [3.63, 3.8) is 0 Å². The number of rotatable bonds is 3. The summed E-state index contributed by atoms with van der Waals surface area (Å²) in [6.45, 7) is 0. The Morgan fingerprint density at radius 3 is 1.22 bits per heavy atom. The average Bonchev–Trinajstić information content (AvgIpc) is 1.95. The fourth-order valence-corrected chi connectivity index (χ4v) is 0.731. The predicted octanol–water partition coefficient (Wildman–Crippen LogP) is 2.64. The lowest BCUT2D eigenvalue weighted by Crippen LogP contribution is -2.66. The van der Waals surface area contributed by atoms with E-state index in [0.717, 1.165) is 0 Å². The summed E-state index contributed by atoms with van der Waals surface area (Å²) in [5.74, 6) is -10.4. The standard InChI is InChI=1S/C5HF10NO2/c6-2(7,1(17)18)3(8,9)16(4(10,11)12)5(13,14)15/h(H,17,18). The van der Waals surface area contributed by atoms with E-state index in [1.165, 1.54) is 0 Å². The van der Waals surface area contributed by atoms with Gasteiger partial charge in [-0.25, -0.2) is 4.79 Å². The predicted molar refractivity (Wildman–Crippen MR) is 31.5 cm³/mol. The van der Waals surface area contributed by atoms with Gasteiger partial charge in [0.25, 0.3) is 0 Å². The molecule has 0 aliphatic carbocycles. The third-order valence-corrected chi connectivity index (χ3v) is 1.43. The average molecular weight is 297 g/mol. The van der Waals surface area contributed by atoms with Crippen molar-refractivity contribution in [3.05, 3.63) is 0 Å². The van der Waals surface area contributed by atoms with Gasteiger partial charge in [-0.05, 0) is 0 Å². The molecule has 0 saturated carbocycles. The highest BCUT2D eigenvalue weighted by Gasteiger charge is 2.77. The number of halogens is 10. The molecular weight excluding hydrogens is 296 g/mol. The summed E-state index contributed by atoms with van der Waals surface area (Å²) in [6, 6.07) is -7.05. The van der Waals surface area contributed by atoms with Gasteiger partial charge in [-0.1, -0.05) is 4.90 Å². The summed E-state index contributed by atoms with van der Waals surface area (Å²) in [5, 5.41) is 7.57. The van der Waals surface area contributed by atoms with Crippen LogP contribution in [0, 0.1) is 0 Å². The molecule has 0 aliphatic heterocycles. The van der Waals surface area contributed by atoms with Crippen LogP contribution in [0.5, 0.6) is 0 Å². The molecule has 0 aromatic heterocycles. The summed E-state index contributed by atoms with van der Waals surface area (Å²) < 4.78 is 120. The molecule has 3 nitrogen and oxygen atoms in total. The quantitative estimate of drug-likeness (QED) is 0.643. The Morgan fingerprint density at radius 2 is 1.06 bits per heavy atom. The van der Waals surface area contributed by atoms with E-state index in [-0.39, 0.29) is 0 Å². The highest BCUT2D eigenvalue weighted by molar-refractivity contribution is 5.76. The van der Waals surface area contributed by atoms with Crippen LogP contribution in [-0.2, 0) is 4.79 Å². The summed E-state index contributed by atoms with van der Waals surface area (Å²) in [5.41, 5.74) is 0. The number of hydrogen-bond donors (Lipinski definition) is 1. The number of hydrogen-bond acceptors (Lipinski definition) is 2. The number of carbonyl (C=O) groups is 1. The molecule has 0 heterocycles. The number of nitrogens with zero attached hydrogens (tertiary/aromatic N) is 1. The van der Waals surface area contributed by atoms with Gasteiger partial charge in [0, 0.05) is 0 Å². The molecule has 0 radical (unpaired) electrons. The van der Waals surface area contributed by atoms with Gasteiger partial charge in [0.1, 0.15) is 0 Å². The van der Waals surface area contributed by atoms with Gasteiger partial charge < -0.3 is 5.11 Å². The van der Waals surface area contributed by atoms with Crippen LogP contribution in [0.2, 0.25) is 0 Å². The molecule has 0 spiro atoms.